The fourth-order valence-electron chi connectivity index (χ4n) is 6.71. The highest BCUT2D eigenvalue weighted by atomic mass is 16.4. The van der Waals surface area contributed by atoms with Crippen molar-refractivity contribution in [3.8, 4) is 0 Å². The zero-order valence-corrected chi connectivity index (χ0v) is 14.0. The van der Waals surface area contributed by atoms with Crippen molar-refractivity contribution >= 4 is 0 Å². The molecule has 0 aromatic rings. The van der Waals surface area contributed by atoms with Gasteiger partial charge < -0.3 is 15.9 Å². The third-order valence-electron chi connectivity index (χ3n) is 8.07. The average molecular weight is 305 g/mol. The summed E-state index contributed by atoms with van der Waals surface area (Å²) in [5.74, 6) is 2.29. The predicted molar refractivity (Wildman–Crippen MR) is 86.8 cm³/mol. The second kappa shape index (κ2) is 4.58. The Bertz CT molecular complexity index is 514. The van der Waals surface area contributed by atoms with Gasteiger partial charge in [-0.2, -0.15) is 0 Å². The molecule has 0 bridgehead atoms. The largest absolute Gasteiger partial charge is 0.389 e. The van der Waals surface area contributed by atoms with E-state index in [1.54, 1.807) is 0 Å². The molecule has 0 saturated heterocycles. The van der Waals surface area contributed by atoms with Crippen molar-refractivity contribution in [2.24, 2.45) is 34.3 Å². The lowest BCUT2D eigenvalue weighted by Gasteiger charge is -2.58. The van der Waals surface area contributed by atoms with Gasteiger partial charge in [0.1, 0.15) is 5.72 Å². The zero-order chi connectivity index (χ0) is 15.8. The van der Waals surface area contributed by atoms with Crippen molar-refractivity contribution in [2.75, 3.05) is 0 Å². The Hall–Kier alpha value is -0.380. The minimum Gasteiger partial charge on any atom is -0.389 e. The summed E-state index contributed by atoms with van der Waals surface area (Å²) in [6.07, 6.45) is 10.6. The van der Waals surface area contributed by atoms with E-state index >= 15 is 0 Å². The molecule has 3 heteroatoms. The molecule has 0 aliphatic heterocycles. The summed E-state index contributed by atoms with van der Waals surface area (Å²) in [4.78, 5) is 0. The first-order valence-electron chi connectivity index (χ1n) is 9.15. The maximum Gasteiger partial charge on any atom is 0.143 e. The SMILES string of the molecule is C[C@@]12CCC[C@H]1[C@@H]1CC=C3C[C@](N)(O)C(O)C[C@]3(C)[C@H]1CC2. The summed E-state index contributed by atoms with van der Waals surface area (Å²) in [6.45, 7) is 4.84. The fraction of sp³-hybridized carbons (Fsp3) is 0.895. The second-order valence-corrected chi connectivity index (χ2v) is 9.23. The topological polar surface area (TPSA) is 66.5 Å². The molecule has 4 aliphatic carbocycles. The monoisotopic (exact) mass is 305 g/mol. The van der Waals surface area contributed by atoms with Crippen molar-refractivity contribution in [3.63, 3.8) is 0 Å². The maximum absolute atomic E-state index is 10.4. The van der Waals surface area contributed by atoms with Gasteiger partial charge in [0.05, 0.1) is 6.10 Å². The van der Waals surface area contributed by atoms with Crippen LogP contribution in [0.2, 0.25) is 0 Å². The number of nitrogens with two attached hydrogens (primary N) is 1. The summed E-state index contributed by atoms with van der Waals surface area (Å²) in [7, 11) is 0. The van der Waals surface area contributed by atoms with E-state index in [0.717, 1.165) is 18.3 Å². The molecular weight excluding hydrogens is 274 g/mol. The van der Waals surface area contributed by atoms with Gasteiger partial charge in [-0.1, -0.05) is 31.9 Å². The van der Waals surface area contributed by atoms with Crippen molar-refractivity contribution < 1.29 is 10.2 Å². The molecule has 3 saturated carbocycles. The quantitative estimate of drug-likeness (QED) is 0.476. The average Bonchev–Trinajstić information content (AvgIpc) is 2.82. The lowest BCUT2D eigenvalue weighted by atomic mass is 9.47. The van der Waals surface area contributed by atoms with E-state index in [1.807, 2.05) is 0 Å². The van der Waals surface area contributed by atoms with Gasteiger partial charge in [0.25, 0.3) is 0 Å². The molecule has 0 aromatic heterocycles. The van der Waals surface area contributed by atoms with Crippen LogP contribution in [-0.2, 0) is 0 Å². The Morgan fingerprint density at radius 2 is 1.95 bits per heavy atom. The lowest BCUT2D eigenvalue weighted by Crippen LogP contribution is -2.60. The maximum atomic E-state index is 10.4. The van der Waals surface area contributed by atoms with Crippen LogP contribution >= 0.6 is 0 Å². The third-order valence-corrected chi connectivity index (χ3v) is 8.07. The fourth-order valence-corrected chi connectivity index (χ4v) is 6.71. The van der Waals surface area contributed by atoms with Crippen LogP contribution in [0.4, 0.5) is 0 Å². The number of rotatable bonds is 0. The Morgan fingerprint density at radius 1 is 1.18 bits per heavy atom. The third kappa shape index (κ3) is 1.91. The van der Waals surface area contributed by atoms with E-state index in [-0.39, 0.29) is 5.41 Å². The molecule has 0 amide bonds. The standard InChI is InChI=1S/C19H31NO2/c1-17-8-3-4-14(17)13-6-5-12-10-19(20,22)16(21)11-18(12,2)15(13)7-9-17/h5,13-16,21-22H,3-4,6-11,20H2,1-2H3/t13-,14-,15-,16?,17-,18-,19-/m0/s1. The molecular formula is C19H31NO2. The number of hydrogen-bond donors (Lipinski definition) is 3. The number of fused-ring (bicyclic) bond motifs is 5. The zero-order valence-electron chi connectivity index (χ0n) is 14.0. The Labute approximate surface area is 134 Å². The van der Waals surface area contributed by atoms with Crippen molar-refractivity contribution in [1.82, 2.24) is 0 Å². The van der Waals surface area contributed by atoms with Crippen LogP contribution in [0.25, 0.3) is 0 Å². The van der Waals surface area contributed by atoms with Gasteiger partial charge in [-0.25, -0.2) is 0 Å². The predicted octanol–water partition coefficient (Wildman–Crippen LogP) is 2.96. The summed E-state index contributed by atoms with van der Waals surface area (Å²) < 4.78 is 0. The molecule has 0 aromatic carbocycles. The van der Waals surface area contributed by atoms with E-state index in [0.29, 0.717) is 24.2 Å². The molecule has 0 heterocycles. The molecule has 4 rings (SSSR count). The van der Waals surface area contributed by atoms with Crippen LogP contribution in [-0.4, -0.2) is 22.0 Å². The van der Waals surface area contributed by atoms with E-state index in [2.05, 4.69) is 19.9 Å². The first-order chi connectivity index (χ1) is 10.3. The molecule has 3 fully saturated rings. The van der Waals surface area contributed by atoms with E-state index in [1.165, 1.54) is 37.7 Å². The summed E-state index contributed by atoms with van der Waals surface area (Å²) >= 11 is 0. The van der Waals surface area contributed by atoms with Gasteiger partial charge in [-0.3, -0.25) is 0 Å². The normalized spacial score (nSPS) is 57.6. The lowest BCUT2D eigenvalue weighted by molar-refractivity contribution is -0.130. The molecule has 3 nitrogen and oxygen atoms in total. The van der Waals surface area contributed by atoms with Crippen LogP contribution in [0.15, 0.2) is 11.6 Å². The van der Waals surface area contributed by atoms with Crippen LogP contribution in [0.5, 0.6) is 0 Å². The second-order valence-electron chi connectivity index (χ2n) is 9.23. The molecule has 22 heavy (non-hydrogen) atoms. The smallest absolute Gasteiger partial charge is 0.143 e. The molecule has 7 atom stereocenters. The highest BCUT2D eigenvalue weighted by molar-refractivity contribution is 5.27. The van der Waals surface area contributed by atoms with E-state index < -0.39 is 11.8 Å². The van der Waals surface area contributed by atoms with Gasteiger partial charge in [-0.15, -0.1) is 0 Å². The van der Waals surface area contributed by atoms with Gasteiger partial charge in [0.2, 0.25) is 0 Å². The van der Waals surface area contributed by atoms with Gasteiger partial charge in [0, 0.05) is 6.42 Å². The highest BCUT2D eigenvalue weighted by Gasteiger charge is 2.58. The van der Waals surface area contributed by atoms with Crippen molar-refractivity contribution in [2.45, 2.75) is 77.0 Å². The minimum atomic E-state index is -1.44. The number of aliphatic hydroxyl groups is 2. The highest BCUT2D eigenvalue weighted by Crippen LogP contribution is 2.65. The van der Waals surface area contributed by atoms with Crippen molar-refractivity contribution in [1.29, 1.82) is 0 Å². The van der Waals surface area contributed by atoms with Crippen LogP contribution in [0.1, 0.15) is 65.2 Å². The summed E-state index contributed by atoms with van der Waals surface area (Å²) in [6, 6.07) is 0. The molecule has 1 unspecified atom stereocenters. The van der Waals surface area contributed by atoms with Crippen molar-refractivity contribution in [3.05, 3.63) is 11.6 Å². The van der Waals surface area contributed by atoms with Crippen LogP contribution < -0.4 is 5.73 Å². The molecule has 0 radical (unpaired) electrons. The summed E-state index contributed by atoms with van der Waals surface area (Å²) in [5, 5.41) is 20.6. The molecule has 0 spiro atoms. The first kappa shape index (κ1) is 15.2. The van der Waals surface area contributed by atoms with Gasteiger partial charge in [0.15, 0.2) is 0 Å². The number of hydrogen-bond acceptors (Lipinski definition) is 3. The molecule has 124 valence electrons. The van der Waals surface area contributed by atoms with Gasteiger partial charge in [-0.05, 0) is 67.1 Å². The summed E-state index contributed by atoms with van der Waals surface area (Å²) in [5.41, 5.74) is 6.40. The number of allylic oxidation sites excluding steroid dienone is 1. The van der Waals surface area contributed by atoms with Crippen LogP contribution in [0.3, 0.4) is 0 Å². The molecule has 4 aliphatic rings. The first-order valence-corrected chi connectivity index (χ1v) is 9.15. The Balaban J connectivity index is 1.69. The molecule has 4 N–H and O–H groups in total. The van der Waals surface area contributed by atoms with Gasteiger partial charge >= 0.3 is 0 Å². The number of aliphatic hydroxyl groups excluding tert-OH is 1. The van der Waals surface area contributed by atoms with Crippen LogP contribution in [0, 0.1) is 28.6 Å². The van der Waals surface area contributed by atoms with E-state index in [4.69, 9.17) is 5.73 Å². The Morgan fingerprint density at radius 3 is 2.73 bits per heavy atom. The Kier molecular flexibility index (Phi) is 3.16. The van der Waals surface area contributed by atoms with E-state index in [9.17, 15) is 10.2 Å². The minimum absolute atomic E-state index is 0.0395.